The van der Waals surface area contributed by atoms with E-state index < -0.39 is 11.6 Å². The van der Waals surface area contributed by atoms with E-state index in [-0.39, 0.29) is 30.1 Å². The number of fused-ring (bicyclic) bond motifs is 3. The second-order valence-corrected chi connectivity index (χ2v) is 8.17. The van der Waals surface area contributed by atoms with E-state index in [2.05, 4.69) is 10.6 Å². The molecule has 2 aromatic rings. The molecule has 30 heavy (non-hydrogen) atoms. The summed E-state index contributed by atoms with van der Waals surface area (Å²) in [6.07, 6.45) is 2.16. The number of anilines is 1. The zero-order valence-electron chi connectivity index (χ0n) is 16.5. The molecule has 0 unspecified atom stereocenters. The average molecular weight is 403 g/mol. The van der Waals surface area contributed by atoms with Crippen molar-refractivity contribution in [1.82, 2.24) is 10.2 Å². The number of urea groups is 1. The van der Waals surface area contributed by atoms with Crippen LogP contribution >= 0.6 is 0 Å². The minimum Gasteiger partial charge on any atom is -0.325 e. The van der Waals surface area contributed by atoms with Crippen LogP contribution in [-0.4, -0.2) is 35.1 Å². The number of rotatable bonds is 3. The van der Waals surface area contributed by atoms with Gasteiger partial charge in [0.1, 0.15) is 5.54 Å². The van der Waals surface area contributed by atoms with Gasteiger partial charge in [-0.25, -0.2) is 4.79 Å². The van der Waals surface area contributed by atoms with Crippen molar-refractivity contribution in [3.8, 4) is 0 Å². The molecule has 1 fully saturated rings. The summed E-state index contributed by atoms with van der Waals surface area (Å²) in [5.41, 5.74) is 2.60. The largest absolute Gasteiger partial charge is 0.325 e. The second kappa shape index (κ2) is 6.52. The lowest BCUT2D eigenvalue weighted by atomic mass is 9.76. The Morgan fingerprint density at radius 3 is 2.80 bits per heavy atom. The Morgan fingerprint density at radius 2 is 1.97 bits per heavy atom. The molecule has 0 bridgehead atoms. The summed E-state index contributed by atoms with van der Waals surface area (Å²) in [6, 6.07) is 12.1. The molecule has 5 rings (SSSR count). The molecule has 152 valence electrons. The SMILES string of the molecule is C[C@@H]1C(=O)Nc2ccc(C(=O)CN3C(=O)N[C@]4(CCCc5ccccc54)C3=O)cc21. The predicted molar refractivity (Wildman–Crippen MR) is 109 cm³/mol. The Hall–Kier alpha value is -3.48. The first-order valence-electron chi connectivity index (χ1n) is 10.1. The maximum absolute atomic E-state index is 13.3. The summed E-state index contributed by atoms with van der Waals surface area (Å²) in [5, 5.41) is 5.64. The summed E-state index contributed by atoms with van der Waals surface area (Å²) < 4.78 is 0. The highest BCUT2D eigenvalue weighted by atomic mass is 16.2. The Kier molecular flexibility index (Phi) is 4.03. The van der Waals surface area contributed by atoms with Gasteiger partial charge in [0.15, 0.2) is 5.78 Å². The van der Waals surface area contributed by atoms with Crippen LogP contribution in [0.3, 0.4) is 0 Å². The Bertz CT molecular complexity index is 1130. The Morgan fingerprint density at radius 1 is 1.17 bits per heavy atom. The van der Waals surface area contributed by atoms with Gasteiger partial charge < -0.3 is 10.6 Å². The molecule has 0 aromatic heterocycles. The van der Waals surface area contributed by atoms with Crippen molar-refractivity contribution in [2.75, 3.05) is 11.9 Å². The first-order chi connectivity index (χ1) is 14.4. The number of nitrogens with one attached hydrogen (secondary N) is 2. The van der Waals surface area contributed by atoms with Gasteiger partial charge in [0.2, 0.25) is 5.91 Å². The fourth-order valence-corrected chi connectivity index (χ4v) is 4.78. The molecule has 2 aliphatic heterocycles. The van der Waals surface area contributed by atoms with Crippen LogP contribution in [0.4, 0.5) is 10.5 Å². The van der Waals surface area contributed by atoms with Gasteiger partial charge in [-0.2, -0.15) is 0 Å². The van der Waals surface area contributed by atoms with E-state index >= 15 is 0 Å². The number of carbonyl (C=O) groups is 4. The number of hydrogen-bond donors (Lipinski definition) is 2. The highest BCUT2D eigenvalue weighted by Crippen LogP contribution is 2.40. The summed E-state index contributed by atoms with van der Waals surface area (Å²) in [6.45, 7) is 1.44. The topological polar surface area (TPSA) is 95.6 Å². The minimum absolute atomic E-state index is 0.110. The number of aryl methyl sites for hydroxylation is 1. The van der Waals surface area contributed by atoms with Gasteiger partial charge in [-0.15, -0.1) is 0 Å². The Balaban J connectivity index is 1.42. The van der Waals surface area contributed by atoms with Crippen molar-refractivity contribution in [3.05, 3.63) is 64.7 Å². The van der Waals surface area contributed by atoms with Crippen LogP contribution in [0.15, 0.2) is 42.5 Å². The molecule has 1 saturated heterocycles. The summed E-state index contributed by atoms with van der Waals surface area (Å²) in [4.78, 5) is 51.8. The smallest absolute Gasteiger partial charge is 0.325 e. The van der Waals surface area contributed by atoms with Crippen LogP contribution in [0.5, 0.6) is 0 Å². The van der Waals surface area contributed by atoms with Gasteiger partial charge >= 0.3 is 6.03 Å². The Labute approximate surface area is 173 Å². The van der Waals surface area contributed by atoms with Gasteiger partial charge in [0, 0.05) is 11.3 Å². The molecule has 2 atom stereocenters. The molecule has 0 radical (unpaired) electrons. The number of hydrogen-bond acceptors (Lipinski definition) is 4. The zero-order chi connectivity index (χ0) is 21.0. The number of ketones is 1. The van der Waals surface area contributed by atoms with Gasteiger partial charge in [0.05, 0.1) is 12.5 Å². The van der Waals surface area contributed by atoms with Crippen LogP contribution < -0.4 is 10.6 Å². The van der Waals surface area contributed by atoms with E-state index in [4.69, 9.17) is 0 Å². The van der Waals surface area contributed by atoms with Crippen molar-refractivity contribution in [2.24, 2.45) is 0 Å². The van der Waals surface area contributed by atoms with Crippen molar-refractivity contribution >= 4 is 29.3 Å². The first kappa shape index (κ1) is 18.5. The standard InChI is InChI=1S/C23H21N3O4/c1-13-16-11-15(8-9-18(16)24-20(13)28)19(27)12-26-21(29)23(25-22(26)30)10-4-6-14-5-2-3-7-17(14)23/h2-3,5,7-9,11,13H,4,6,10,12H2,1H3,(H,24,28)(H,25,30)/t13-,23-/m0/s1. The van der Waals surface area contributed by atoms with Gasteiger partial charge in [-0.1, -0.05) is 24.3 Å². The molecule has 7 heteroatoms. The predicted octanol–water partition coefficient (Wildman–Crippen LogP) is 2.71. The summed E-state index contributed by atoms with van der Waals surface area (Å²) >= 11 is 0. The van der Waals surface area contributed by atoms with Crippen molar-refractivity contribution in [2.45, 2.75) is 37.6 Å². The quantitative estimate of drug-likeness (QED) is 0.608. The maximum Gasteiger partial charge on any atom is 0.325 e. The molecule has 4 amide bonds. The lowest BCUT2D eigenvalue weighted by Crippen LogP contribution is -2.46. The van der Waals surface area contributed by atoms with Crippen LogP contribution in [-0.2, 0) is 21.5 Å². The van der Waals surface area contributed by atoms with E-state index in [0.717, 1.165) is 34.4 Å². The molecule has 2 aromatic carbocycles. The van der Waals surface area contributed by atoms with E-state index in [9.17, 15) is 19.2 Å². The molecule has 3 aliphatic rings. The van der Waals surface area contributed by atoms with Gasteiger partial charge in [-0.05, 0) is 61.1 Å². The highest BCUT2D eigenvalue weighted by Gasteiger charge is 2.54. The number of imide groups is 1. The molecule has 1 spiro atoms. The molecule has 2 heterocycles. The minimum atomic E-state index is -1.09. The molecule has 2 N–H and O–H groups in total. The fraction of sp³-hybridized carbons (Fsp3) is 0.304. The van der Waals surface area contributed by atoms with Gasteiger partial charge in [-0.3, -0.25) is 19.3 Å². The number of carbonyl (C=O) groups excluding carboxylic acids is 4. The van der Waals surface area contributed by atoms with Crippen molar-refractivity contribution < 1.29 is 19.2 Å². The first-order valence-corrected chi connectivity index (χ1v) is 10.1. The molecular formula is C23H21N3O4. The third-order valence-corrected chi connectivity index (χ3v) is 6.44. The van der Waals surface area contributed by atoms with E-state index in [1.54, 1.807) is 25.1 Å². The molecule has 0 saturated carbocycles. The number of amides is 4. The third-order valence-electron chi connectivity index (χ3n) is 6.44. The summed E-state index contributed by atoms with van der Waals surface area (Å²) in [5.74, 6) is -1.17. The lowest BCUT2D eigenvalue weighted by molar-refractivity contribution is -0.131. The van der Waals surface area contributed by atoms with E-state index in [1.165, 1.54) is 0 Å². The number of Topliss-reactive ketones (excluding diaryl/α,β-unsaturated/α-hetero) is 1. The molecule has 7 nitrogen and oxygen atoms in total. The number of nitrogens with zero attached hydrogens (tertiary/aromatic N) is 1. The van der Waals surface area contributed by atoms with Crippen LogP contribution in [0.25, 0.3) is 0 Å². The maximum atomic E-state index is 13.3. The second-order valence-electron chi connectivity index (χ2n) is 8.17. The van der Waals surface area contributed by atoms with Crippen LogP contribution in [0.2, 0.25) is 0 Å². The van der Waals surface area contributed by atoms with Crippen LogP contribution in [0.1, 0.15) is 52.7 Å². The van der Waals surface area contributed by atoms with Crippen LogP contribution in [0, 0.1) is 0 Å². The highest BCUT2D eigenvalue weighted by molar-refractivity contribution is 6.12. The summed E-state index contributed by atoms with van der Waals surface area (Å²) in [7, 11) is 0. The lowest BCUT2D eigenvalue weighted by Gasteiger charge is -2.33. The average Bonchev–Trinajstić information content (AvgIpc) is 3.16. The normalized spacial score (nSPS) is 24.5. The van der Waals surface area contributed by atoms with E-state index in [0.29, 0.717) is 17.7 Å². The van der Waals surface area contributed by atoms with Crippen molar-refractivity contribution in [1.29, 1.82) is 0 Å². The molecule has 1 aliphatic carbocycles. The number of benzene rings is 2. The van der Waals surface area contributed by atoms with Gasteiger partial charge in [0.25, 0.3) is 5.91 Å². The molecular weight excluding hydrogens is 382 g/mol. The third kappa shape index (κ3) is 2.58. The fourth-order valence-electron chi connectivity index (χ4n) is 4.78. The van der Waals surface area contributed by atoms with E-state index in [1.807, 2.05) is 24.3 Å². The zero-order valence-corrected chi connectivity index (χ0v) is 16.5. The monoisotopic (exact) mass is 403 g/mol. The van der Waals surface area contributed by atoms with Crippen molar-refractivity contribution in [3.63, 3.8) is 0 Å².